The van der Waals surface area contributed by atoms with Crippen molar-refractivity contribution in [1.82, 2.24) is 4.90 Å². The Balaban J connectivity index is 1.91. The lowest BCUT2D eigenvalue weighted by atomic mass is 9.88. The summed E-state index contributed by atoms with van der Waals surface area (Å²) < 4.78 is 10.4. The van der Waals surface area contributed by atoms with Gasteiger partial charge in [0.25, 0.3) is 0 Å². The maximum absolute atomic E-state index is 12.7. The summed E-state index contributed by atoms with van der Waals surface area (Å²) in [5.41, 5.74) is 0. The Labute approximate surface area is 129 Å². The third-order valence-electron chi connectivity index (χ3n) is 4.88. The van der Waals surface area contributed by atoms with Crippen LogP contribution in [0.2, 0.25) is 0 Å². The molecule has 21 heavy (non-hydrogen) atoms. The highest BCUT2D eigenvalue weighted by Gasteiger charge is 2.32. The van der Waals surface area contributed by atoms with Crippen LogP contribution >= 0.6 is 0 Å². The van der Waals surface area contributed by atoms with Gasteiger partial charge in [-0.2, -0.15) is 0 Å². The van der Waals surface area contributed by atoms with Crippen molar-refractivity contribution in [3.8, 4) is 0 Å². The van der Waals surface area contributed by atoms with Crippen LogP contribution in [0, 0.1) is 0 Å². The number of hydrogen-bond acceptors (Lipinski definition) is 3. The highest BCUT2D eigenvalue weighted by Crippen LogP contribution is 2.30. The van der Waals surface area contributed by atoms with Gasteiger partial charge in [-0.05, 0) is 25.7 Å². The van der Waals surface area contributed by atoms with E-state index in [-0.39, 0.29) is 12.5 Å². The number of carbonyl (C=O) groups is 1. The molecule has 0 heterocycles. The summed E-state index contributed by atoms with van der Waals surface area (Å²) in [6, 6.07) is 0.917. The predicted molar refractivity (Wildman–Crippen MR) is 83.3 cm³/mol. The van der Waals surface area contributed by atoms with E-state index in [1.165, 1.54) is 64.2 Å². The molecule has 0 spiro atoms. The molecule has 2 fully saturated rings. The van der Waals surface area contributed by atoms with E-state index in [0.717, 1.165) is 0 Å². The Morgan fingerprint density at radius 3 is 1.90 bits per heavy atom. The maximum atomic E-state index is 12.7. The van der Waals surface area contributed by atoms with Gasteiger partial charge in [0, 0.05) is 19.2 Å². The van der Waals surface area contributed by atoms with Gasteiger partial charge in [-0.15, -0.1) is 0 Å². The normalized spacial score (nSPS) is 21.4. The molecule has 4 nitrogen and oxygen atoms in total. The summed E-state index contributed by atoms with van der Waals surface area (Å²) in [6.45, 7) is 1.28. The second-order valence-electron chi connectivity index (χ2n) is 6.43. The zero-order valence-corrected chi connectivity index (χ0v) is 13.5. The summed E-state index contributed by atoms with van der Waals surface area (Å²) in [7, 11) is 1.65. The van der Waals surface area contributed by atoms with Crippen LogP contribution in [-0.2, 0) is 14.3 Å². The van der Waals surface area contributed by atoms with Crippen molar-refractivity contribution in [2.24, 2.45) is 0 Å². The summed E-state index contributed by atoms with van der Waals surface area (Å²) in [4.78, 5) is 14.9. The lowest BCUT2D eigenvalue weighted by molar-refractivity contribution is -0.143. The first-order valence-electron chi connectivity index (χ1n) is 8.70. The minimum absolute atomic E-state index is 0.199. The summed E-state index contributed by atoms with van der Waals surface area (Å²) in [5.74, 6) is 0.199. The van der Waals surface area contributed by atoms with Crippen LogP contribution in [0.5, 0.6) is 0 Å². The van der Waals surface area contributed by atoms with E-state index in [4.69, 9.17) is 9.47 Å². The van der Waals surface area contributed by atoms with E-state index in [0.29, 0.717) is 25.3 Å². The molecule has 0 bridgehead atoms. The van der Waals surface area contributed by atoms with Crippen molar-refractivity contribution in [2.45, 2.75) is 76.3 Å². The monoisotopic (exact) mass is 297 g/mol. The van der Waals surface area contributed by atoms with Gasteiger partial charge in [-0.25, -0.2) is 0 Å². The predicted octanol–water partition coefficient (Wildman–Crippen LogP) is 3.14. The van der Waals surface area contributed by atoms with Gasteiger partial charge >= 0.3 is 0 Å². The number of nitrogens with zero attached hydrogens (tertiary/aromatic N) is 1. The molecule has 2 aliphatic carbocycles. The zero-order chi connectivity index (χ0) is 14.9. The zero-order valence-electron chi connectivity index (χ0n) is 13.5. The molecule has 0 atom stereocenters. The third-order valence-corrected chi connectivity index (χ3v) is 4.88. The van der Waals surface area contributed by atoms with E-state index in [1.54, 1.807) is 7.11 Å². The molecule has 0 unspecified atom stereocenters. The summed E-state index contributed by atoms with van der Waals surface area (Å²) >= 11 is 0. The lowest BCUT2D eigenvalue weighted by Crippen LogP contribution is -2.50. The Hall–Kier alpha value is -0.610. The molecule has 2 rings (SSSR count). The molecular weight excluding hydrogens is 266 g/mol. The number of hydrogen-bond donors (Lipinski definition) is 0. The standard InChI is InChI=1S/C17H31NO3/c1-20-12-13-21-14-17(19)18(15-8-4-2-5-9-15)16-10-6-3-7-11-16/h15-16H,2-14H2,1H3. The van der Waals surface area contributed by atoms with Crippen molar-refractivity contribution < 1.29 is 14.3 Å². The fourth-order valence-corrected chi connectivity index (χ4v) is 3.80. The Morgan fingerprint density at radius 1 is 0.905 bits per heavy atom. The van der Waals surface area contributed by atoms with Gasteiger partial charge in [-0.1, -0.05) is 38.5 Å². The molecule has 0 aliphatic heterocycles. The minimum atomic E-state index is 0.199. The van der Waals surface area contributed by atoms with Crippen molar-refractivity contribution in [2.75, 3.05) is 26.9 Å². The Bertz CT molecular complexity index is 278. The largest absolute Gasteiger partial charge is 0.382 e. The minimum Gasteiger partial charge on any atom is -0.382 e. The van der Waals surface area contributed by atoms with Crippen molar-refractivity contribution in [3.05, 3.63) is 0 Å². The molecule has 0 N–H and O–H groups in total. The second kappa shape index (κ2) is 9.42. The third kappa shape index (κ3) is 5.26. The first-order chi connectivity index (χ1) is 10.3. The Morgan fingerprint density at radius 2 is 1.43 bits per heavy atom. The van der Waals surface area contributed by atoms with E-state index in [9.17, 15) is 4.79 Å². The average molecular weight is 297 g/mol. The van der Waals surface area contributed by atoms with E-state index in [2.05, 4.69) is 4.90 Å². The van der Waals surface area contributed by atoms with E-state index < -0.39 is 0 Å². The smallest absolute Gasteiger partial charge is 0.249 e. The highest BCUT2D eigenvalue weighted by atomic mass is 16.5. The SMILES string of the molecule is COCCOCC(=O)N(C1CCCCC1)C1CCCCC1. The first kappa shape index (κ1) is 16.8. The molecule has 0 aromatic carbocycles. The molecule has 2 aliphatic rings. The number of ether oxygens (including phenoxy) is 2. The second-order valence-corrected chi connectivity index (χ2v) is 6.43. The van der Waals surface area contributed by atoms with Crippen LogP contribution in [0.4, 0.5) is 0 Å². The number of carbonyl (C=O) groups excluding carboxylic acids is 1. The van der Waals surface area contributed by atoms with Crippen LogP contribution in [0.15, 0.2) is 0 Å². The van der Waals surface area contributed by atoms with Crippen LogP contribution in [0.25, 0.3) is 0 Å². The van der Waals surface area contributed by atoms with Crippen LogP contribution in [-0.4, -0.2) is 49.8 Å². The lowest BCUT2D eigenvalue weighted by Gasteiger charge is -2.41. The van der Waals surface area contributed by atoms with Gasteiger partial charge in [0.1, 0.15) is 6.61 Å². The molecule has 0 aromatic rings. The number of rotatable bonds is 7. The van der Waals surface area contributed by atoms with Gasteiger partial charge < -0.3 is 14.4 Å². The quantitative estimate of drug-likeness (QED) is 0.678. The van der Waals surface area contributed by atoms with Gasteiger partial charge in [-0.3, -0.25) is 4.79 Å². The summed E-state index contributed by atoms with van der Waals surface area (Å²) in [5, 5.41) is 0. The summed E-state index contributed by atoms with van der Waals surface area (Å²) in [6.07, 6.45) is 12.5. The molecule has 1 amide bonds. The van der Waals surface area contributed by atoms with E-state index in [1.807, 2.05) is 0 Å². The van der Waals surface area contributed by atoms with Crippen molar-refractivity contribution in [1.29, 1.82) is 0 Å². The van der Waals surface area contributed by atoms with Crippen LogP contribution < -0.4 is 0 Å². The number of amides is 1. The fraction of sp³-hybridized carbons (Fsp3) is 0.941. The molecule has 2 saturated carbocycles. The van der Waals surface area contributed by atoms with E-state index >= 15 is 0 Å². The van der Waals surface area contributed by atoms with Gasteiger partial charge in [0.15, 0.2) is 0 Å². The molecule has 4 heteroatoms. The maximum Gasteiger partial charge on any atom is 0.249 e. The molecule has 0 radical (unpaired) electrons. The molecule has 122 valence electrons. The fourth-order valence-electron chi connectivity index (χ4n) is 3.80. The average Bonchev–Trinajstić information content (AvgIpc) is 2.54. The van der Waals surface area contributed by atoms with Crippen LogP contribution in [0.3, 0.4) is 0 Å². The van der Waals surface area contributed by atoms with Crippen molar-refractivity contribution in [3.63, 3.8) is 0 Å². The molecule has 0 saturated heterocycles. The topological polar surface area (TPSA) is 38.8 Å². The highest BCUT2D eigenvalue weighted by molar-refractivity contribution is 5.78. The Kier molecular flexibility index (Phi) is 7.51. The van der Waals surface area contributed by atoms with Crippen molar-refractivity contribution >= 4 is 5.91 Å². The number of methoxy groups -OCH3 is 1. The molecule has 0 aromatic heterocycles. The van der Waals surface area contributed by atoms with Crippen LogP contribution in [0.1, 0.15) is 64.2 Å². The van der Waals surface area contributed by atoms with Gasteiger partial charge in [0.2, 0.25) is 5.91 Å². The molecular formula is C17H31NO3. The first-order valence-corrected chi connectivity index (χ1v) is 8.70. The van der Waals surface area contributed by atoms with Gasteiger partial charge in [0.05, 0.1) is 13.2 Å².